The van der Waals surface area contributed by atoms with E-state index < -0.39 is 0 Å². The van der Waals surface area contributed by atoms with Gasteiger partial charge in [-0.05, 0) is 60.5 Å². The number of carbonyl (C=O) groups is 1. The largest absolute Gasteiger partial charge is 0.484 e. The van der Waals surface area contributed by atoms with E-state index in [1.807, 2.05) is 73.7 Å². The number of rotatable bonds is 7. The minimum absolute atomic E-state index is 0.116. The van der Waals surface area contributed by atoms with Crippen molar-refractivity contribution in [2.45, 2.75) is 6.92 Å². The van der Waals surface area contributed by atoms with Crippen molar-refractivity contribution >= 4 is 28.1 Å². The van der Waals surface area contributed by atoms with Crippen LogP contribution in [0, 0.1) is 6.92 Å². The van der Waals surface area contributed by atoms with Crippen LogP contribution < -0.4 is 14.9 Å². The molecule has 0 aliphatic carbocycles. The van der Waals surface area contributed by atoms with Crippen LogP contribution in [0.3, 0.4) is 0 Å². The Kier molecular flexibility index (Phi) is 6.81. The van der Waals surface area contributed by atoms with E-state index in [1.165, 1.54) is 0 Å². The second-order valence-electron chi connectivity index (χ2n) is 5.98. The fourth-order valence-electron chi connectivity index (χ4n) is 2.35. The minimum Gasteiger partial charge on any atom is -0.484 e. The monoisotopic (exact) mass is 438 g/mol. The third-order valence-electron chi connectivity index (χ3n) is 3.74. The summed E-state index contributed by atoms with van der Waals surface area (Å²) < 4.78 is 12.2. The zero-order valence-electron chi connectivity index (χ0n) is 15.3. The lowest BCUT2D eigenvalue weighted by molar-refractivity contribution is -0.123. The summed E-state index contributed by atoms with van der Waals surface area (Å²) in [7, 11) is 0. The Hall–Kier alpha value is -3.12. The Morgan fingerprint density at radius 2 is 1.79 bits per heavy atom. The zero-order chi connectivity index (χ0) is 19.8. The molecule has 0 atom stereocenters. The molecule has 1 amide bonds. The number of nitrogens with zero attached hydrogens (tertiary/aromatic N) is 1. The summed E-state index contributed by atoms with van der Waals surface area (Å²) in [6.07, 6.45) is 1.56. The number of amides is 1. The van der Waals surface area contributed by atoms with Crippen LogP contribution in [0.1, 0.15) is 11.1 Å². The number of aryl methyl sites for hydroxylation is 1. The first kappa shape index (κ1) is 19.6. The van der Waals surface area contributed by atoms with Crippen LogP contribution in [0.25, 0.3) is 0 Å². The van der Waals surface area contributed by atoms with Gasteiger partial charge in [0.25, 0.3) is 5.91 Å². The van der Waals surface area contributed by atoms with Crippen molar-refractivity contribution in [3.05, 3.63) is 88.4 Å². The lowest BCUT2D eigenvalue weighted by atomic mass is 10.2. The predicted octanol–water partition coefficient (Wildman–Crippen LogP) is 5.08. The molecule has 0 radical (unpaired) electrons. The fourth-order valence-corrected chi connectivity index (χ4v) is 2.60. The Bertz CT molecular complexity index is 975. The van der Waals surface area contributed by atoms with Gasteiger partial charge in [-0.3, -0.25) is 4.79 Å². The topological polar surface area (TPSA) is 59.9 Å². The van der Waals surface area contributed by atoms with Crippen LogP contribution in [0.2, 0.25) is 0 Å². The van der Waals surface area contributed by atoms with E-state index in [-0.39, 0.29) is 12.5 Å². The molecule has 0 aliphatic rings. The molecule has 6 heteroatoms. The second-order valence-corrected chi connectivity index (χ2v) is 6.83. The highest BCUT2D eigenvalue weighted by atomic mass is 79.9. The van der Waals surface area contributed by atoms with Crippen LogP contribution in [-0.4, -0.2) is 18.7 Å². The molecule has 0 aromatic heterocycles. The fraction of sp³-hybridized carbons (Fsp3) is 0.0909. The average molecular weight is 439 g/mol. The lowest BCUT2D eigenvalue weighted by Gasteiger charge is -2.07. The molecule has 0 saturated carbocycles. The van der Waals surface area contributed by atoms with Gasteiger partial charge in [-0.25, -0.2) is 5.43 Å². The number of nitrogens with one attached hydrogen (secondary N) is 1. The summed E-state index contributed by atoms with van der Waals surface area (Å²) in [6.45, 7) is 1.84. The first-order chi connectivity index (χ1) is 13.6. The van der Waals surface area contributed by atoms with E-state index >= 15 is 0 Å². The molecule has 142 valence electrons. The SMILES string of the molecule is Cc1cc(OCC(=O)N/N=C/c2cccc(Oc3ccccc3)c2)ccc1Br. The lowest BCUT2D eigenvalue weighted by Crippen LogP contribution is -2.24. The summed E-state index contributed by atoms with van der Waals surface area (Å²) in [4.78, 5) is 11.9. The van der Waals surface area contributed by atoms with Crippen LogP contribution in [0.5, 0.6) is 17.2 Å². The van der Waals surface area contributed by atoms with Crippen LogP contribution in [0.4, 0.5) is 0 Å². The Balaban J connectivity index is 1.50. The highest BCUT2D eigenvalue weighted by Gasteiger charge is 2.03. The third kappa shape index (κ3) is 5.96. The second kappa shape index (κ2) is 9.71. The van der Waals surface area contributed by atoms with Crippen molar-refractivity contribution < 1.29 is 14.3 Å². The van der Waals surface area contributed by atoms with Crippen LogP contribution in [0.15, 0.2) is 82.4 Å². The van der Waals surface area contributed by atoms with Crippen molar-refractivity contribution in [2.24, 2.45) is 5.10 Å². The molecule has 0 saturated heterocycles. The van der Waals surface area contributed by atoms with Crippen LogP contribution >= 0.6 is 15.9 Å². The molecular weight excluding hydrogens is 420 g/mol. The van der Waals surface area contributed by atoms with Gasteiger partial charge >= 0.3 is 0 Å². The van der Waals surface area contributed by atoms with Crippen molar-refractivity contribution in [1.29, 1.82) is 0 Å². The molecule has 1 N–H and O–H groups in total. The van der Waals surface area contributed by atoms with Gasteiger partial charge in [-0.1, -0.05) is 46.3 Å². The molecule has 0 bridgehead atoms. The van der Waals surface area contributed by atoms with Crippen molar-refractivity contribution in [1.82, 2.24) is 5.43 Å². The molecule has 0 aliphatic heterocycles. The Morgan fingerprint density at radius 1 is 1.00 bits per heavy atom. The number of hydrogen-bond donors (Lipinski definition) is 1. The van der Waals surface area contributed by atoms with Crippen LogP contribution in [-0.2, 0) is 4.79 Å². The maximum absolute atomic E-state index is 11.9. The smallest absolute Gasteiger partial charge is 0.277 e. The van der Waals surface area contributed by atoms with Gasteiger partial charge in [0, 0.05) is 4.47 Å². The highest BCUT2D eigenvalue weighted by molar-refractivity contribution is 9.10. The van der Waals surface area contributed by atoms with E-state index in [0.29, 0.717) is 11.5 Å². The standard InChI is InChI=1S/C22H19BrN2O3/c1-16-12-19(10-11-21(16)23)27-15-22(26)25-24-14-17-6-5-9-20(13-17)28-18-7-3-2-4-8-18/h2-14H,15H2,1H3,(H,25,26)/b24-14+. The molecule has 28 heavy (non-hydrogen) atoms. The molecular formula is C22H19BrN2O3. The van der Waals surface area contributed by atoms with Gasteiger partial charge in [-0.15, -0.1) is 0 Å². The van der Waals surface area contributed by atoms with Crippen molar-refractivity contribution in [3.63, 3.8) is 0 Å². The summed E-state index contributed by atoms with van der Waals surface area (Å²) >= 11 is 3.43. The minimum atomic E-state index is -0.339. The van der Waals surface area contributed by atoms with E-state index in [0.717, 1.165) is 21.3 Å². The summed E-state index contributed by atoms with van der Waals surface area (Å²) in [6, 6.07) is 22.5. The van der Waals surface area contributed by atoms with Gasteiger partial charge in [0.05, 0.1) is 6.21 Å². The highest BCUT2D eigenvalue weighted by Crippen LogP contribution is 2.22. The third-order valence-corrected chi connectivity index (χ3v) is 4.63. The molecule has 5 nitrogen and oxygen atoms in total. The van der Waals surface area contributed by atoms with Gasteiger partial charge in [0.15, 0.2) is 6.61 Å². The molecule has 3 aromatic rings. The maximum atomic E-state index is 11.9. The number of benzene rings is 3. The average Bonchev–Trinajstić information content (AvgIpc) is 2.70. The van der Waals surface area contributed by atoms with Gasteiger partial charge in [-0.2, -0.15) is 5.10 Å². The quantitative estimate of drug-likeness (QED) is 0.413. The first-order valence-corrected chi connectivity index (χ1v) is 9.43. The molecule has 0 fully saturated rings. The number of hydrazone groups is 1. The van der Waals surface area contributed by atoms with Gasteiger partial charge in [0.1, 0.15) is 17.2 Å². The maximum Gasteiger partial charge on any atom is 0.277 e. The summed E-state index contributed by atoms with van der Waals surface area (Å²) in [5.74, 6) is 1.74. The Labute approximate surface area is 172 Å². The molecule has 3 rings (SSSR count). The molecule has 0 unspecified atom stereocenters. The number of hydrogen-bond acceptors (Lipinski definition) is 4. The predicted molar refractivity (Wildman–Crippen MR) is 113 cm³/mol. The molecule has 0 spiro atoms. The van der Waals surface area contributed by atoms with Gasteiger partial charge < -0.3 is 9.47 Å². The Morgan fingerprint density at radius 3 is 2.57 bits per heavy atom. The number of para-hydroxylation sites is 1. The van der Waals surface area contributed by atoms with Gasteiger partial charge in [0.2, 0.25) is 0 Å². The molecule has 0 heterocycles. The van der Waals surface area contributed by atoms with E-state index in [1.54, 1.807) is 12.3 Å². The summed E-state index contributed by atoms with van der Waals surface area (Å²) in [5.41, 5.74) is 4.29. The van der Waals surface area contributed by atoms with E-state index in [4.69, 9.17) is 9.47 Å². The normalized spacial score (nSPS) is 10.6. The zero-order valence-corrected chi connectivity index (χ0v) is 16.8. The number of carbonyl (C=O) groups excluding carboxylic acids is 1. The number of halogens is 1. The summed E-state index contributed by atoms with van der Waals surface area (Å²) in [5, 5.41) is 3.97. The van der Waals surface area contributed by atoms with E-state index in [2.05, 4.69) is 26.5 Å². The first-order valence-electron chi connectivity index (χ1n) is 8.64. The van der Waals surface area contributed by atoms with Crippen molar-refractivity contribution in [2.75, 3.05) is 6.61 Å². The number of ether oxygens (including phenoxy) is 2. The van der Waals surface area contributed by atoms with E-state index in [9.17, 15) is 4.79 Å². The molecule has 3 aromatic carbocycles. The van der Waals surface area contributed by atoms with Crippen molar-refractivity contribution in [3.8, 4) is 17.2 Å².